The number of thioether (sulfide) groups is 3. The topological polar surface area (TPSA) is 112 Å². The van der Waals surface area contributed by atoms with Gasteiger partial charge < -0.3 is 14.8 Å². The number of benzene rings is 1. The van der Waals surface area contributed by atoms with E-state index in [9.17, 15) is 4.79 Å². The van der Waals surface area contributed by atoms with E-state index in [2.05, 4.69) is 48.4 Å². The molecule has 1 aromatic carbocycles. The van der Waals surface area contributed by atoms with Crippen LogP contribution in [0.4, 0.5) is 0 Å². The lowest BCUT2D eigenvalue weighted by Crippen LogP contribution is -2.33. The predicted molar refractivity (Wildman–Crippen MR) is 160 cm³/mol. The van der Waals surface area contributed by atoms with Crippen molar-refractivity contribution in [3.05, 3.63) is 59.3 Å². The summed E-state index contributed by atoms with van der Waals surface area (Å²) < 4.78 is 5.91. The van der Waals surface area contributed by atoms with Gasteiger partial charge in [0.25, 0.3) is 5.91 Å². The summed E-state index contributed by atoms with van der Waals surface area (Å²) >= 11 is 5.19. The van der Waals surface area contributed by atoms with E-state index in [1.54, 1.807) is 42.2 Å². The zero-order valence-electron chi connectivity index (χ0n) is 21.9. The summed E-state index contributed by atoms with van der Waals surface area (Å²) in [6.45, 7) is 8.02. The average molecular weight is 570 g/mol. The zero-order valence-corrected chi connectivity index (χ0v) is 24.3. The number of aliphatic hydroxyl groups is 1. The second-order valence-electron chi connectivity index (χ2n) is 10.1. The lowest BCUT2D eigenvalue weighted by molar-refractivity contribution is 0.0939. The summed E-state index contributed by atoms with van der Waals surface area (Å²) in [6, 6.07) is 10.2. The van der Waals surface area contributed by atoms with Gasteiger partial charge in [0.05, 0.1) is 21.7 Å². The normalized spacial score (nSPS) is 29.0. The Hall–Kier alpha value is -2.34. The number of aliphatic hydroxyl groups excluding tert-OH is 1. The number of hydrogen-bond acceptors (Lipinski definition) is 10. The first-order chi connectivity index (χ1) is 18.1. The highest BCUT2D eigenvalue weighted by Crippen LogP contribution is 2.46. The molecule has 0 unspecified atom stereocenters. The van der Waals surface area contributed by atoms with Crippen LogP contribution in [0.3, 0.4) is 0 Å². The van der Waals surface area contributed by atoms with Gasteiger partial charge in [-0.3, -0.25) is 19.8 Å². The summed E-state index contributed by atoms with van der Waals surface area (Å²) in [6.07, 6.45) is 4.19. The van der Waals surface area contributed by atoms with E-state index >= 15 is 0 Å². The van der Waals surface area contributed by atoms with Crippen LogP contribution in [0.15, 0.2) is 55.8 Å². The molecule has 200 valence electrons. The van der Waals surface area contributed by atoms with Crippen molar-refractivity contribution in [2.24, 2.45) is 15.0 Å². The number of aryl methyl sites for hydroxylation is 1. The van der Waals surface area contributed by atoms with Crippen LogP contribution >= 0.6 is 35.3 Å². The number of carbonyl (C=O) groups excluding carboxylic acids is 1. The van der Waals surface area contributed by atoms with Gasteiger partial charge in [-0.25, -0.2) is 4.98 Å². The molecule has 0 saturated heterocycles. The van der Waals surface area contributed by atoms with Crippen molar-refractivity contribution in [3.63, 3.8) is 0 Å². The third-order valence-electron chi connectivity index (χ3n) is 6.54. The number of nitrogens with one attached hydrogen (secondary N) is 1. The summed E-state index contributed by atoms with van der Waals surface area (Å²) in [7, 11) is 0. The quantitative estimate of drug-likeness (QED) is 0.478. The van der Waals surface area contributed by atoms with Gasteiger partial charge in [0, 0.05) is 23.8 Å². The summed E-state index contributed by atoms with van der Waals surface area (Å²) in [5.74, 6) is 2.81. The van der Waals surface area contributed by atoms with Crippen molar-refractivity contribution in [3.8, 4) is 0 Å². The maximum absolute atomic E-state index is 12.4. The Morgan fingerprint density at radius 1 is 0.974 bits per heavy atom. The fraction of sp³-hybridized carbons (Fsp3) is 0.444. The average Bonchev–Trinajstić information content (AvgIpc) is 3.69. The Kier molecular flexibility index (Phi) is 7.65. The summed E-state index contributed by atoms with van der Waals surface area (Å²) in [5, 5.41) is 14.6. The van der Waals surface area contributed by atoms with E-state index in [4.69, 9.17) is 24.5 Å². The van der Waals surface area contributed by atoms with E-state index in [1.165, 1.54) is 0 Å². The van der Waals surface area contributed by atoms with Crippen LogP contribution in [0, 0.1) is 6.92 Å². The van der Waals surface area contributed by atoms with Gasteiger partial charge in [0.1, 0.15) is 22.4 Å². The van der Waals surface area contributed by atoms with E-state index in [-0.39, 0.29) is 30.3 Å². The van der Waals surface area contributed by atoms with E-state index in [0.29, 0.717) is 17.4 Å². The first kappa shape index (κ1) is 27.2. The van der Waals surface area contributed by atoms with E-state index in [0.717, 1.165) is 32.2 Å². The highest BCUT2D eigenvalue weighted by molar-refractivity contribution is 8.17. The maximum atomic E-state index is 12.4. The SMILES string of the molecule is Cc1oc([C@]2(C)CSC([C@]3(C)CSC([C@]4(C)CSC(/C=C/c5ccccc5)=N4)=N3)=N2)nc1C(=O)NCCO. The van der Waals surface area contributed by atoms with Crippen molar-refractivity contribution < 1.29 is 14.3 Å². The fourth-order valence-electron chi connectivity index (χ4n) is 4.31. The van der Waals surface area contributed by atoms with Crippen LogP contribution in [0.25, 0.3) is 6.08 Å². The first-order valence-electron chi connectivity index (χ1n) is 12.4. The lowest BCUT2D eigenvalue weighted by Gasteiger charge is -2.21. The van der Waals surface area contributed by atoms with Gasteiger partial charge >= 0.3 is 0 Å². The Balaban J connectivity index is 1.34. The molecule has 0 saturated carbocycles. The minimum Gasteiger partial charge on any atom is -0.442 e. The largest absolute Gasteiger partial charge is 0.442 e. The standard InChI is InChI=1S/C27H31N5O3S3/c1-17-20(21(34)28-12-13-33)29-22(35-17)25(2)14-37-24(31-25)27(4)16-38-23(32-27)26(3)15-36-19(30-26)11-10-18-8-6-5-7-9-18/h5-11,33H,12-16H2,1-4H3,(H,28,34)/b11-10+/t25-,26-,27-/m0/s1. The van der Waals surface area contributed by atoms with Crippen molar-refractivity contribution in [2.75, 3.05) is 30.4 Å². The number of carbonyl (C=O) groups is 1. The summed E-state index contributed by atoms with van der Waals surface area (Å²) in [4.78, 5) is 32.2. The molecule has 5 rings (SSSR count). The van der Waals surface area contributed by atoms with E-state index < -0.39 is 11.1 Å². The molecule has 0 radical (unpaired) electrons. The molecule has 0 bridgehead atoms. The van der Waals surface area contributed by atoms with Gasteiger partial charge in [0.15, 0.2) is 5.69 Å². The van der Waals surface area contributed by atoms with Crippen LogP contribution in [0.5, 0.6) is 0 Å². The number of oxazole rings is 1. The van der Waals surface area contributed by atoms with Crippen LogP contribution in [0.1, 0.15) is 48.5 Å². The molecule has 1 amide bonds. The van der Waals surface area contributed by atoms with Crippen molar-refractivity contribution in [1.29, 1.82) is 0 Å². The number of amides is 1. The smallest absolute Gasteiger partial charge is 0.273 e. The minimum absolute atomic E-state index is 0.134. The second kappa shape index (κ2) is 10.7. The Bertz CT molecular complexity index is 1350. The van der Waals surface area contributed by atoms with Gasteiger partial charge in [-0.15, -0.1) is 35.3 Å². The van der Waals surface area contributed by atoms with Crippen molar-refractivity contribution in [1.82, 2.24) is 10.3 Å². The number of nitrogens with zero attached hydrogens (tertiary/aromatic N) is 4. The molecule has 11 heteroatoms. The number of aromatic nitrogens is 1. The second-order valence-corrected chi connectivity index (χ2v) is 13.0. The number of aliphatic imine (C=N–C) groups is 3. The van der Waals surface area contributed by atoms with Crippen LogP contribution in [-0.2, 0) is 5.54 Å². The Labute approximate surface area is 235 Å². The Morgan fingerprint density at radius 2 is 1.61 bits per heavy atom. The molecule has 4 heterocycles. The van der Waals surface area contributed by atoms with Crippen LogP contribution in [-0.4, -0.2) is 72.6 Å². The lowest BCUT2D eigenvalue weighted by atomic mass is 10.0. The molecular formula is C27H31N5O3S3. The molecule has 0 aliphatic carbocycles. The molecule has 3 aliphatic rings. The number of rotatable bonds is 8. The number of hydrogen-bond donors (Lipinski definition) is 2. The van der Waals surface area contributed by atoms with Crippen molar-refractivity contribution in [2.45, 2.75) is 44.3 Å². The monoisotopic (exact) mass is 569 g/mol. The molecule has 0 fully saturated rings. The molecule has 3 atom stereocenters. The van der Waals surface area contributed by atoms with Crippen LogP contribution in [0.2, 0.25) is 0 Å². The molecule has 38 heavy (non-hydrogen) atoms. The molecular weight excluding hydrogens is 539 g/mol. The predicted octanol–water partition coefficient (Wildman–Crippen LogP) is 4.59. The van der Waals surface area contributed by atoms with Gasteiger partial charge in [0.2, 0.25) is 5.89 Å². The molecule has 2 N–H and O–H groups in total. The third kappa shape index (κ3) is 5.38. The summed E-state index contributed by atoms with van der Waals surface area (Å²) in [5.41, 5.74) is -0.104. The minimum atomic E-state index is -0.688. The van der Waals surface area contributed by atoms with E-state index in [1.807, 2.05) is 25.1 Å². The van der Waals surface area contributed by atoms with Gasteiger partial charge in [-0.2, -0.15) is 0 Å². The Morgan fingerprint density at radius 3 is 2.32 bits per heavy atom. The molecule has 3 aliphatic heterocycles. The molecule has 1 aromatic heterocycles. The molecule has 0 spiro atoms. The maximum Gasteiger partial charge on any atom is 0.273 e. The van der Waals surface area contributed by atoms with Crippen molar-refractivity contribution >= 4 is 62.4 Å². The van der Waals surface area contributed by atoms with Crippen LogP contribution < -0.4 is 5.32 Å². The molecule has 2 aromatic rings. The molecule has 8 nitrogen and oxygen atoms in total. The highest BCUT2D eigenvalue weighted by atomic mass is 32.2. The van der Waals surface area contributed by atoms with Gasteiger partial charge in [-0.05, 0) is 39.3 Å². The third-order valence-corrected chi connectivity index (χ3v) is 10.8. The zero-order chi connectivity index (χ0) is 27.0. The first-order valence-corrected chi connectivity index (χ1v) is 15.4. The van der Waals surface area contributed by atoms with Gasteiger partial charge in [-0.1, -0.05) is 36.4 Å². The fourth-order valence-corrected chi connectivity index (χ4v) is 8.16. The highest BCUT2D eigenvalue weighted by Gasteiger charge is 2.48.